The molecule has 0 radical (unpaired) electrons. The van der Waals surface area contributed by atoms with Crippen LogP contribution in [0.1, 0.15) is 197 Å². The lowest BCUT2D eigenvalue weighted by molar-refractivity contribution is -0.212. The van der Waals surface area contributed by atoms with Gasteiger partial charge in [0.1, 0.15) is 12.7 Å². The first-order chi connectivity index (χ1) is 31.0. The Kier molecular flexibility index (Phi) is 24.1. The van der Waals surface area contributed by atoms with Crippen LogP contribution in [0.2, 0.25) is 0 Å². The van der Waals surface area contributed by atoms with E-state index in [4.69, 9.17) is 28.4 Å². The molecule has 3 aliphatic carbocycles. The highest BCUT2D eigenvalue weighted by Gasteiger charge is 2.51. The van der Waals surface area contributed by atoms with E-state index < -0.39 is 72.9 Å². The van der Waals surface area contributed by atoms with Crippen molar-refractivity contribution in [1.82, 2.24) is 0 Å². The molecule has 9 atom stereocenters. The summed E-state index contributed by atoms with van der Waals surface area (Å²) in [7, 11) is 0. The third-order valence-electron chi connectivity index (χ3n) is 13.6. The molecule has 0 aromatic carbocycles. The smallest absolute Gasteiger partial charge is 0.351 e. The van der Waals surface area contributed by atoms with Gasteiger partial charge in [0.15, 0.2) is 18.3 Å². The second kappa shape index (κ2) is 28.3. The Bertz CT molecular complexity index is 1640. The third kappa shape index (κ3) is 17.3. The molecule has 0 N–H and O–H groups in total. The predicted octanol–water partition coefficient (Wildman–Crippen LogP) is 11.4. The molecule has 0 spiro atoms. The van der Waals surface area contributed by atoms with Gasteiger partial charge in [-0.2, -0.15) is 0 Å². The molecule has 12 nitrogen and oxygen atoms in total. The average Bonchev–Trinajstić information content (AvgIpc) is 3.61. The van der Waals surface area contributed by atoms with Crippen LogP contribution in [-0.4, -0.2) is 72.9 Å². The van der Waals surface area contributed by atoms with Crippen LogP contribution in [0, 0.1) is 29.1 Å². The Morgan fingerprint density at radius 1 is 0.692 bits per heavy atom. The molecule has 3 aliphatic rings. The van der Waals surface area contributed by atoms with Gasteiger partial charge in [-0.05, 0) is 112 Å². The van der Waals surface area contributed by atoms with Crippen molar-refractivity contribution in [2.24, 2.45) is 29.1 Å². The molecule has 65 heavy (non-hydrogen) atoms. The minimum absolute atomic E-state index is 0.0238. The second-order valence-corrected chi connectivity index (χ2v) is 19.5. The zero-order chi connectivity index (χ0) is 48.1. The highest BCUT2D eigenvalue weighted by molar-refractivity contribution is 5.81. The number of allylic oxidation sites excluding steroid dienone is 4. The van der Waals surface area contributed by atoms with E-state index in [0.29, 0.717) is 69.1 Å². The van der Waals surface area contributed by atoms with Crippen molar-refractivity contribution in [2.75, 3.05) is 6.61 Å². The molecule has 12 heteroatoms. The van der Waals surface area contributed by atoms with Crippen LogP contribution < -0.4 is 0 Å². The maximum Gasteiger partial charge on any atom is 0.351 e. The van der Waals surface area contributed by atoms with Gasteiger partial charge in [0.25, 0.3) is 0 Å². The molecule has 0 aliphatic heterocycles. The molecular weight excluding hydrogens is 829 g/mol. The van der Waals surface area contributed by atoms with Crippen molar-refractivity contribution < 1.29 is 57.2 Å². The van der Waals surface area contributed by atoms with Gasteiger partial charge in [0.05, 0.1) is 0 Å². The van der Waals surface area contributed by atoms with Gasteiger partial charge in [-0.3, -0.25) is 24.0 Å². The van der Waals surface area contributed by atoms with Gasteiger partial charge in [-0.25, -0.2) is 4.79 Å². The molecule has 3 fully saturated rings. The largest absolute Gasteiger partial charge is 0.462 e. The summed E-state index contributed by atoms with van der Waals surface area (Å²) in [6, 6.07) is 0. The van der Waals surface area contributed by atoms with Gasteiger partial charge in [-0.15, -0.1) is 0 Å². The van der Waals surface area contributed by atoms with E-state index in [0.717, 1.165) is 29.9 Å². The third-order valence-corrected chi connectivity index (χ3v) is 13.6. The summed E-state index contributed by atoms with van der Waals surface area (Å²) in [6.45, 7) is 22.2. The number of carbonyl (C=O) groups excluding carboxylic acids is 6. The van der Waals surface area contributed by atoms with E-state index in [9.17, 15) is 28.8 Å². The fraction of sp³-hybridized carbons (Fsp3) is 0.774. The summed E-state index contributed by atoms with van der Waals surface area (Å²) in [5, 5.41) is 0. The Balaban J connectivity index is 2.00. The van der Waals surface area contributed by atoms with Gasteiger partial charge >= 0.3 is 35.8 Å². The van der Waals surface area contributed by atoms with Crippen molar-refractivity contribution >= 4 is 35.8 Å². The van der Waals surface area contributed by atoms with E-state index in [2.05, 4.69) is 46.4 Å². The summed E-state index contributed by atoms with van der Waals surface area (Å²) in [5.41, 5.74) is 3.69. The lowest BCUT2D eigenvalue weighted by Crippen LogP contribution is -2.56. The van der Waals surface area contributed by atoms with Crippen molar-refractivity contribution in [3.05, 3.63) is 35.5 Å². The minimum Gasteiger partial charge on any atom is -0.462 e. The Labute approximate surface area is 390 Å². The van der Waals surface area contributed by atoms with Gasteiger partial charge in [-0.1, -0.05) is 111 Å². The summed E-state index contributed by atoms with van der Waals surface area (Å²) < 4.78 is 35.2. The molecule has 0 aromatic heterocycles. The summed E-state index contributed by atoms with van der Waals surface area (Å²) in [4.78, 5) is 80.4. The first-order valence-electron chi connectivity index (χ1n) is 25.2. The van der Waals surface area contributed by atoms with E-state index >= 15 is 0 Å². The zero-order valence-electron chi connectivity index (χ0n) is 41.5. The number of fused-ring (bicyclic) bond motifs is 1. The van der Waals surface area contributed by atoms with Crippen LogP contribution in [0.5, 0.6) is 0 Å². The molecule has 0 bridgehead atoms. The Morgan fingerprint density at radius 2 is 1.26 bits per heavy atom. The molecule has 0 saturated heterocycles. The van der Waals surface area contributed by atoms with Crippen molar-refractivity contribution in [2.45, 2.75) is 228 Å². The summed E-state index contributed by atoms with van der Waals surface area (Å²) in [5.74, 6) is -1.96. The predicted molar refractivity (Wildman–Crippen MR) is 250 cm³/mol. The van der Waals surface area contributed by atoms with E-state index in [1.54, 1.807) is 34.6 Å². The van der Waals surface area contributed by atoms with Gasteiger partial charge < -0.3 is 28.4 Å². The van der Waals surface area contributed by atoms with Gasteiger partial charge in [0.2, 0.25) is 6.10 Å². The van der Waals surface area contributed by atoms with Crippen molar-refractivity contribution in [1.29, 1.82) is 0 Å². The first-order valence-corrected chi connectivity index (χ1v) is 25.2. The number of hydrogen-bond donors (Lipinski definition) is 0. The standard InChI is InChI=1S/C53H84O12/c1-11-18-44(54)60-34-43(62-45(55)19-12-2)49(63-46(56)20-13-3)50(64-47(57)21-14-4)51(65-48(58)22-15-5)52(59)61-40-29-26-36(8)39(33-40)28-27-38-25-17-32-53(10)41(30-31-42(38)53)37(9)24-16-23-35(6)7/h27-28,35,37,40-43,49-51H,8,11-26,29-34H2,1-7,9-10H3/b38-27+,39-28-/t37-,40+,41-,42+,43-,49-,50+,51-,53-/m1/s1. The molecule has 0 aromatic rings. The van der Waals surface area contributed by atoms with E-state index in [1.807, 2.05) is 0 Å². The lowest BCUT2D eigenvalue weighted by Gasteiger charge is -2.44. The van der Waals surface area contributed by atoms with Crippen LogP contribution in [0.15, 0.2) is 35.5 Å². The van der Waals surface area contributed by atoms with Crippen molar-refractivity contribution in [3.63, 3.8) is 0 Å². The molecule has 3 rings (SSSR count). The number of hydrogen-bond acceptors (Lipinski definition) is 12. The summed E-state index contributed by atoms with van der Waals surface area (Å²) in [6.07, 6.45) is 9.72. The molecule has 0 heterocycles. The topological polar surface area (TPSA) is 158 Å². The maximum atomic E-state index is 14.6. The van der Waals surface area contributed by atoms with Crippen LogP contribution >= 0.6 is 0 Å². The average molecular weight is 913 g/mol. The number of ether oxygens (including phenoxy) is 6. The maximum absolute atomic E-state index is 14.6. The summed E-state index contributed by atoms with van der Waals surface area (Å²) >= 11 is 0. The van der Waals surface area contributed by atoms with Crippen molar-refractivity contribution in [3.8, 4) is 0 Å². The minimum atomic E-state index is -1.93. The van der Waals surface area contributed by atoms with E-state index in [1.165, 1.54) is 44.1 Å². The second-order valence-electron chi connectivity index (χ2n) is 19.5. The number of rotatable bonds is 27. The highest BCUT2D eigenvalue weighted by Crippen LogP contribution is 2.60. The van der Waals surface area contributed by atoms with Crippen LogP contribution in [0.25, 0.3) is 0 Å². The Hall–Kier alpha value is -3.96. The molecule has 3 saturated carbocycles. The monoisotopic (exact) mass is 913 g/mol. The molecule has 0 unspecified atom stereocenters. The fourth-order valence-electron chi connectivity index (χ4n) is 10.2. The van der Waals surface area contributed by atoms with E-state index in [-0.39, 0.29) is 37.5 Å². The SMILES string of the molecule is C=C1CC[C@H](OC(=O)[C@H](OC(=O)CCC)[C@@H](OC(=O)CCC)[C@H](OC(=O)CCC)[C@@H](COC(=O)CCC)OC(=O)CCC)C/C1=C/C=C1\CCC[C@]2(C)[C@@H]([C@H](C)CCCC(C)C)CC[C@@H]12. The fourth-order valence-corrected chi connectivity index (χ4v) is 10.2. The lowest BCUT2D eigenvalue weighted by atomic mass is 9.60. The first kappa shape index (κ1) is 55.4. The van der Waals surface area contributed by atoms with Crippen LogP contribution in [-0.2, 0) is 57.2 Å². The number of carbonyl (C=O) groups is 6. The quantitative estimate of drug-likeness (QED) is 0.0568. The highest BCUT2D eigenvalue weighted by atomic mass is 16.7. The normalized spacial score (nSPS) is 24.3. The molecular formula is C53H84O12. The zero-order valence-corrected chi connectivity index (χ0v) is 41.5. The number of esters is 6. The van der Waals surface area contributed by atoms with Crippen LogP contribution in [0.4, 0.5) is 0 Å². The Morgan fingerprint density at radius 3 is 1.86 bits per heavy atom. The molecule has 0 amide bonds. The van der Waals surface area contributed by atoms with Crippen LogP contribution in [0.3, 0.4) is 0 Å². The molecule has 368 valence electrons. The van der Waals surface area contributed by atoms with Gasteiger partial charge in [0, 0.05) is 38.5 Å².